The lowest BCUT2D eigenvalue weighted by Gasteiger charge is -2.11. The molecule has 0 aromatic heterocycles. The van der Waals surface area contributed by atoms with Gasteiger partial charge in [0.2, 0.25) is 0 Å². The van der Waals surface area contributed by atoms with Crippen molar-refractivity contribution in [2.75, 3.05) is 12.3 Å². The van der Waals surface area contributed by atoms with E-state index in [1.54, 1.807) is 18.2 Å². The standard InChI is InChI=1S/C17H20N2O2/c1-3-19-17(20)14-8-9-15(18)16(10-14)21-11-13-6-4-12(2)5-7-13/h4-10H,3,11,18H2,1-2H3,(H,19,20). The molecule has 0 atom stereocenters. The van der Waals surface area contributed by atoms with Crippen molar-refractivity contribution in [3.8, 4) is 5.75 Å². The molecule has 4 heteroatoms. The Labute approximate surface area is 124 Å². The number of nitrogen functional groups attached to an aromatic ring is 1. The predicted octanol–water partition coefficient (Wildman–Crippen LogP) is 2.91. The molecule has 1 amide bonds. The van der Waals surface area contributed by atoms with E-state index in [9.17, 15) is 4.79 Å². The minimum atomic E-state index is -0.127. The van der Waals surface area contributed by atoms with Crippen LogP contribution in [0.4, 0.5) is 5.69 Å². The molecule has 0 aliphatic heterocycles. The average molecular weight is 284 g/mol. The Kier molecular flexibility index (Phi) is 4.82. The van der Waals surface area contributed by atoms with Crippen LogP contribution in [0, 0.1) is 6.92 Å². The lowest BCUT2D eigenvalue weighted by atomic mass is 10.1. The van der Waals surface area contributed by atoms with E-state index >= 15 is 0 Å². The number of ether oxygens (including phenoxy) is 1. The maximum Gasteiger partial charge on any atom is 0.251 e. The highest BCUT2D eigenvalue weighted by Gasteiger charge is 2.08. The normalized spacial score (nSPS) is 10.2. The molecular weight excluding hydrogens is 264 g/mol. The molecule has 0 aliphatic rings. The summed E-state index contributed by atoms with van der Waals surface area (Å²) in [6.07, 6.45) is 0. The van der Waals surface area contributed by atoms with Gasteiger partial charge in [0.1, 0.15) is 12.4 Å². The summed E-state index contributed by atoms with van der Waals surface area (Å²) in [4.78, 5) is 11.8. The van der Waals surface area contributed by atoms with E-state index in [0.29, 0.717) is 30.2 Å². The molecular formula is C17H20N2O2. The third-order valence-electron chi connectivity index (χ3n) is 3.13. The number of hydrogen-bond acceptors (Lipinski definition) is 3. The highest BCUT2D eigenvalue weighted by molar-refractivity contribution is 5.95. The highest BCUT2D eigenvalue weighted by Crippen LogP contribution is 2.24. The van der Waals surface area contributed by atoms with Gasteiger partial charge >= 0.3 is 0 Å². The molecule has 0 fully saturated rings. The number of carbonyl (C=O) groups excluding carboxylic acids is 1. The van der Waals surface area contributed by atoms with E-state index in [-0.39, 0.29) is 5.91 Å². The summed E-state index contributed by atoms with van der Waals surface area (Å²) in [6.45, 7) is 4.93. The van der Waals surface area contributed by atoms with Gasteiger partial charge in [0, 0.05) is 12.1 Å². The summed E-state index contributed by atoms with van der Waals surface area (Å²) >= 11 is 0. The lowest BCUT2D eigenvalue weighted by Crippen LogP contribution is -2.22. The zero-order valence-corrected chi connectivity index (χ0v) is 12.3. The first-order valence-corrected chi connectivity index (χ1v) is 6.96. The smallest absolute Gasteiger partial charge is 0.251 e. The molecule has 0 spiro atoms. The number of aryl methyl sites for hydroxylation is 1. The summed E-state index contributed by atoms with van der Waals surface area (Å²) in [5.41, 5.74) is 9.23. The van der Waals surface area contributed by atoms with Crippen molar-refractivity contribution in [1.29, 1.82) is 0 Å². The van der Waals surface area contributed by atoms with Crippen molar-refractivity contribution >= 4 is 11.6 Å². The predicted molar refractivity (Wildman–Crippen MR) is 84.4 cm³/mol. The minimum Gasteiger partial charge on any atom is -0.487 e. The third-order valence-corrected chi connectivity index (χ3v) is 3.13. The molecule has 0 bridgehead atoms. The van der Waals surface area contributed by atoms with Crippen LogP contribution in [0.1, 0.15) is 28.4 Å². The molecule has 4 nitrogen and oxygen atoms in total. The van der Waals surface area contributed by atoms with Gasteiger partial charge in [-0.15, -0.1) is 0 Å². The van der Waals surface area contributed by atoms with Crippen molar-refractivity contribution in [2.24, 2.45) is 0 Å². The Morgan fingerprint density at radius 1 is 1.19 bits per heavy atom. The summed E-state index contributed by atoms with van der Waals surface area (Å²) in [5, 5.41) is 2.75. The molecule has 2 rings (SSSR count). The molecule has 0 unspecified atom stereocenters. The SMILES string of the molecule is CCNC(=O)c1ccc(N)c(OCc2ccc(C)cc2)c1. The summed E-state index contributed by atoms with van der Waals surface area (Å²) in [5.74, 6) is 0.400. The van der Waals surface area contributed by atoms with Gasteiger partial charge in [0.25, 0.3) is 5.91 Å². The number of carbonyl (C=O) groups is 1. The van der Waals surface area contributed by atoms with Crippen molar-refractivity contribution in [3.05, 3.63) is 59.2 Å². The van der Waals surface area contributed by atoms with Gasteiger partial charge in [-0.3, -0.25) is 4.79 Å². The molecule has 0 heterocycles. The topological polar surface area (TPSA) is 64.4 Å². The molecule has 0 radical (unpaired) electrons. The highest BCUT2D eigenvalue weighted by atomic mass is 16.5. The van der Waals surface area contributed by atoms with Crippen LogP contribution >= 0.6 is 0 Å². The van der Waals surface area contributed by atoms with Crippen LogP contribution in [0.2, 0.25) is 0 Å². The molecule has 0 saturated carbocycles. The van der Waals surface area contributed by atoms with Gasteiger partial charge in [0.15, 0.2) is 0 Å². The zero-order chi connectivity index (χ0) is 15.2. The fraction of sp³-hybridized carbons (Fsp3) is 0.235. The van der Waals surface area contributed by atoms with Crippen molar-refractivity contribution in [2.45, 2.75) is 20.5 Å². The third kappa shape index (κ3) is 3.99. The van der Waals surface area contributed by atoms with E-state index in [1.807, 2.05) is 38.1 Å². The second-order valence-electron chi connectivity index (χ2n) is 4.89. The van der Waals surface area contributed by atoms with Crippen molar-refractivity contribution in [1.82, 2.24) is 5.32 Å². The van der Waals surface area contributed by atoms with E-state index in [0.717, 1.165) is 5.56 Å². The lowest BCUT2D eigenvalue weighted by molar-refractivity contribution is 0.0955. The number of nitrogens with two attached hydrogens (primary N) is 1. The molecule has 3 N–H and O–H groups in total. The number of hydrogen-bond donors (Lipinski definition) is 2. The Morgan fingerprint density at radius 2 is 1.90 bits per heavy atom. The Balaban J connectivity index is 2.10. The molecule has 2 aromatic rings. The minimum absolute atomic E-state index is 0.127. The number of nitrogens with one attached hydrogen (secondary N) is 1. The summed E-state index contributed by atoms with van der Waals surface area (Å²) < 4.78 is 5.73. The van der Waals surface area contributed by atoms with Gasteiger partial charge in [0.05, 0.1) is 5.69 Å². The van der Waals surface area contributed by atoms with Crippen molar-refractivity contribution in [3.63, 3.8) is 0 Å². The van der Waals surface area contributed by atoms with Crippen LogP contribution in [0.5, 0.6) is 5.75 Å². The van der Waals surface area contributed by atoms with Gasteiger partial charge < -0.3 is 15.8 Å². The van der Waals surface area contributed by atoms with Crippen molar-refractivity contribution < 1.29 is 9.53 Å². The van der Waals surface area contributed by atoms with Gasteiger partial charge in [-0.25, -0.2) is 0 Å². The molecule has 2 aromatic carbocycles. The van der Waals surface area contributed by atoms with E-state index < -0.39 is 0 Å². The van der Waals surface area contributed by atoms with Crippen LogP contribution in [-0.2, 0) is 6.61 Å². The number of benzene rings is 2. The van der Waals surface area contributed by atoms with E-state index in [4.69, 9.17) is 10.5 Å². The van der Waals surface area contributed by atoms with Gasteiger partial charge in [-0.05, 0) is 37.6 Å². The summed E-state index contributed by atoms with van der Waals surface area (Å²) in [6, 6.07) is 13.2. The number of rotatable bonds is 5. The Morgan fingerprint density at radius 3 is 2.57 bits per heavy atom. The second-order valence-corrected chi connectivity index (χ2v) is 4.89. The van der Waals surface area contributed by atoms with Crippen LogP contribution < -0.4 is 15.8 Å². The Bertz CT molecular complexity index is 621. The largest absolute Gasteiger partial charge is 0.487 e. The first kappa shape index (κ1) is 14.9. The quantitative estimate of drug-likeness (QED) is 0.830. The Hall–Kier alpha value is -2.49. The summed E-state index contributed by atoms with van der Waals surface area (Å²) in [7, 11) is 0. The monoisotopic (exact) mass is 284 g/mol. The second kappa shape index (κ2) is 6.79. The molecule has 21 heavy (non-hydrogen) atoms. The van der Waals surface area contributed by atoms with Gasteiger partial charge in [-0.2, -0.15) is 0 Å². The van der Waals surface area contributed by atoms with Crippen LogP contribution in [0.25, 0.3) is 0 Å². The first-order chi connectivity index (χ1) is 10.1. The number of anilines is 1. The van der Waals surface area contributed by atoms with E-state index in [2.05, 4.69) is 5.32 Å². The fourth-order valence-electron chi connectivity index (χ4n) is 1.91. The average Bonchev–Trinajstić information content (AvgIpc) is 2.48. The number of amides is 1. The molecule has 0 aliphatic carbocycles. The zero-order valence-electron chi connectivity index (χ0n) is 12.3. The van der Waals surface area contributed by atoms with Crippen LogP contribution in [-0.4, -0.2) is 12.5 Å². The van der Waals surface area contributed by atoms with Gasteiger partial charge in [-0.1, -0.05) is 29.8 Å². The molecule has 0 saturated heterocycles. The fourth-order valence-corrected chi connectivity index (χ4v) is 1.91. The first-order valence-electron chi connectivity index (χ1n) is 6.96. The maximum absolute atomic E-state index is 11.8. The van der Waals surface area contributed by atoms with Crippen LogP contribution in [0.3, 0.4) is 0 Å². The van der Waals surface area contributed by atoms with Crippen LogP contribution in [0.15, 0.2) is 42.5 Å². The van der Waals surface area contributed by atoms with E-state index in [1.165, 1.54) is 5.56 Å². The molecule has 110 valence electrons. The maximum atomic E-state index is 11.8.